The molecule has 0 radical (unpaired) electrons. The van der Waals surface area contributed by atoms with Gasteiger partial charge < -0.3 is 4.90 Å². The molecule has 1 saturated heterocycles. The average Bonchev–Trinajstić information content (AvgIpc) is 2.30. The molecule has 3 nitrogen and oxygen atoms in total. The van der Waals surface area contributed by atoms with Gasteiger partial charge in [0.05, 0.1) is 5.70 Å². The Morgan fingerprint density at radius 1 is 1.38 bits per heavy atom. The molecule has 0 unspecified atom stereocenters. The minimum atomic E-state index is 1.07. The van der Waals surface area contributed by atoms with Gasteiger partial charge in [-0.15, -0.1) is 0 Å². The van der Waals surface area contributed by atoms with Crippen LogP contribution in [0.4, 0.5) is 0 Å². The summed E-state index contributed by atoms with van der Waals surface area (Å²) in [5, 5.41) is 0. The summed E-state index contributed by atoms with van der Waals surface area (Å²) >= 11 is 1.93. The van der Waals surface area contributed by atoms with Gasteiger partial charge in [0.1, 0.15) is 0 Å². The number of hydrogen-bond acceptors (Lipinski definition) is 4. The molecule has 1 aliphatic rings. The van der Waals surface area contributed by atoms with E-state index in [4.69, 9.17) is 0 Å². The number of rotatable bonds is 5. The third-order valence-electron chi connectivity index (χ3n) is 2.48. The van der Waals surface area contributed by atoms with Crippen LogP contribution in [0.2, 0.25) is 0 Å². The molecular formula is C12H21N3S. The van der Waals surface area contributed by atoms with E-state index in [0.717, 1.165) is 31.9 Å². The van der Waals surface area contributed by atoms with Gasteiger partial charge in [-0.2, -0.15) is 0 Å². The summed E-state index contributed by atoms with van der Waals surface area (Å²) in [4.78, 5) is 6.22. The molecule has 16 heavy (non-hydrogen) atoms. The molecular weight excluding hydrogens is 218 g/mol. The maximum absolute atomic E-state index is 3.86. The van der Waals surface area contributed by atoms with Gasteiger partial charge in [-0.3, -0.25) is 4.99 Å². The highest BCUT2D eigenvalue weighted by molar-refractivity contribution is 7.96. The van der Waals surface area contributed by atoms with Gasteiger partial charge >= 0.3 is 0 Å². The summed E-state index contributed by atoms with van der Waals surface area (Å²) in [6.45, 7) is 12.1. The molecule has 0 amide bonds. The van der Waals surface area contributed by atoms with Crippen molar-refractivity contribution in [3.05, 3.63) is 24.0 Å². The van der Waals surface area contributed by atoms with Crippen LogP contribution >= 0.6 is 11.9 Å². The van der Waals surface area contributed by atoms with E-state index in [9.17, 15) is 0 Å². The Hall–Kier alpha value is -0.740. The second kappa shape index (κ2) is 7.52. The Morgan fingerprint density at radius 2 is 2.06 bits per heavy atom. The first-order chi connectivity index (χ1) is 7.81. The van der Waals surface area contributed by atoms with Crippen LogP contribution < -0.4 is 0 Å². The standard InChI is InChI=1S/C12H21N3S/c1-4-6-12(11-13-3)14-7-9-15(10-8-14)16-5-2/h4,6,11H,3,5,7-10H2,1-2H3/b6-4-,12-11+. The zero-order valence-corrected chi connectivity index (χ0v) is 11.0. The Morgan fingerprint density at radius 3 is 2.56 bits per heavy atom. The van der Waals surface area contributed by atoms with E-state index < -0.39 is 0 Å². The normalized spacial score (nSPS) is 19.4. The highest BCUT2D eigenvalue weighted by Crippen LogP contribution is 2.16. The molecule has 0 N–H and O–H groups in total. The zero-order chi connectivity index (χ0) is 11.8. The third-order valence-corrected chi connectivity index (χ3v) is 3.46. The van der Waals surface area contributed by atoms with Gasteiger partial charge in [0, 0.05) is 38.1 Å². The van der Waals surface area contributed by atoms with Gasteiger partial charge in [0.15, 0.2) is 0 Å². The molecule has 90 valence electrons. The Labute approximate surface area is 103 Å². The molecule has 1 fully saturated rings. The number of hydrogen-bond donors (Lipinski definition) is 0. The number of nitrogens with zero attached hydrogens (tertiary/aromatic N) is 3. The summed E-state index contributed by atoms with van der Waals surface area (Å²) in [7, 11) is 0. The van der Waals surface area contributed by atoms with Crippen molar-refractivity contribution in [2.45, 2.75) is 13.8 Å². The molecule has 0 aromatic carbocycles. The summed E-state index contributed by atoms with van der Waals surface area (Å²) < 4.78 is 2.44. The average molecular weight is 239 g/mol. The van der Waals surface area contributed by atoms with Crippen LogP contribution in [-0.2, 0) is 0 Å². The van der Waals surface area contributed by atoms with Crippen LogP contribution in [0.25, 0.3) is 0 Å². The third kappa shape index (κ3) is 4.02. The lowest BCUT2D eigenvalue weighted by atomic mass is 10.3. The van der Waals surface area contributed by atoms with Crippen LogP contribution in [0, 0.1) is 0 Å². The fourth-order valence-corrected chi connectivity index (χ4v) is 2.54. The minimum absolute atomic E-state index is 1.07. The molecule has 1 rings (SSSR count). The smallest absolute Gasteiger partial charge is 0.0549 e. The molecule has 4 heteroatoms. The number of aliphatic imine (C=N–C) groups is 1. The van der Waals surface area contributed by atoms with E-state index >= 15 is 0 Å². The topological polar surface area (TPSA) is 18.8 Å². The van der Waals surface area contributed by atoms with E-state index in [-0.39, 0.29) is 0 Å². The van der Waals surface area contributed by atoms with Crippen LogP contribution in [0.15, 0.2) is 29.0 Å². The van der Waals surface area contributed by atoms with E-state index in [1.165, 1.54) is 5.70 Å². The Balaban J connectivity index is 2.50. The van der Waals surface area contributed by atoms with Crippen molar-refractivity contribution < 1.29 is 0 Å². The zero-order valence-electron chi connectivity index (χ0n) is 10.2. The van der Waals surface area contributed by atoms with E-state index in [0.29, 0.717) is 0 Å². The molecule has 1 heterocycles. The quantitative estimate of drug-likeness (QED) is 0.417. The maximum Gasteiger partial charge on any atom is 0.0549 e. The van der Waals surface area contributed by atoms with Gasteiger partial charge in [0.25, 0.3) is 0 Å². The van der Waals surface area contributed by atoms with Crippen LogP contribution in [0.5, 0.6) is 0 Å². The van der Waals surface area contributed by atoms with Crippen molar-refractivity contribution in [3.8, 4) is 0 Å². The summed E-state index contributed by atoms with van der Waals surface area (Å²) in [5.74, 6) is 1.16. The molecule has 0 bridgehead atoms. The van der Waals surface area contributed by atoms with E-state index in [1.54, 1.807) is 0 Å². The van der Waals surface area contributed by atoms with Crippen LogP contribution in [0.1, 0.15) is 13.8 Å². The minimum Gasteiger partial charge on any atom is -0.368 e. The van der Waals surface area contributed by atoms with Crippen molar-refractivity contribution in [1.82, 2.24) is 9.21 Å². The van der Waals surface area contributed by atoms with Crippen molar-refractivity contribution in [2.24, 2.45) is 4.99 Å². The van der Waals surface area contributed by atoms with Gasteiger partial charge in [0.2, 0.25) is 0 Å². The van der Waals surface area contributed by atoms with Gasteiger partial charge in [-0.1, -0.05) is 24.9 Å². The van der Waals surface area contributed by atoms with E-state index in [2.05, 4.69) is 33.9 Å². The van der Waals surface area contributed by atoms with Gasteiger partial charge in [-0.25, -0.2) is 4.31 Å². The summed E-state index contributed by atoms with van der Waals surface area (Å²) in [5.41, 5.74) is 1.17. The summed E-state index contributed by atoms with van der Waals surface area (Å²) in [6.07, 6.45) is 5.98. The van der Waals surface area contributed by atoms with Crippen molar-refractivity contribution in [3.63, 3.8) is 0 Å². The molecule has 0 aromatic heterocycles. The SMILES string of the molecule is C=N/C=C(\C=C/C)N1CCN(SCC)CC1. The second-order valence-corrected chi connectivity index (χ2v) is 4.92. The van der Waals surface area contributed by atoms with Gasteiger partial charge in [-0.05, 0) is 19.7 Å². The first kappa shape index (κ1) is 13.3. The monoisotopic (exact) mass is 239 g/mol. The predicted molar refractivity (Wildman–Crippen MR) is 73.7 cm³/mol. The Bertz CT molecular complexity index is 265. The Kier molecular flexibility index (Phi) is 6.26. The maximum atomic E-state index is 3.86. The second-order valence-electron chi connectivity index (χ2n) is 3.57. The highest BCUT2D eigenvalue weighted by Gasteiger charge is 2.17. The predicted octanol–water partition coefficient (Wildman–Crippen LogP) is 2.39. The molecule has 0 aliphatic carbocycles. The first-order valence-corrected chi connectivity index (χ1v) is 6.67. The van der Waals surface area contributed by atoms with E-state index in [1.807, 2.05) is 31.1 Å². The van der Waals surface area contributed by atoms with Crippen molar-refractivity contribution in [1.29, 1.82) is 0 Å². The molecule has 1 aliphatic heterocycles. The van der Waals surface area contributed by atoms with Crippen molar-refractivity contribution >= 4 is 18.7 Å². The number of allylic oxidation sites excluding steroid dienone is 2. The fraction of sp³-hybridized carbons (Fsp3) is 0.583. The molecule has 0 atom stereocenters. The summed E-state index contributed by atoms with van der Waals surface area (Å²) in [6, 6.07) is 0. The lowest BCUT2D eigenvalue weighted by Crippen LogP contribution is -2.42. The molecule has 0 aromatic rings. The number of piperazine rings is 1. The highest BCUT2D eigenvalue weighted by atomic mass is 32.2. The van der Waals surface area contributed by atoms with Crippen LogP contribution in [-0.4, -0.2) is 47.9 Å². The van der Waals surface area contributed by atoms with Crippen LogP contribution in [0.3, 0.4) is 0 Å². The first-order valence-electron chi connectivity index (χ1n) is 5.73. The lowest BCUT2D eigenvalue weighted by Gasteiger charge is -2.35. The lowest BCUT2D eigenvalue weighted by molar-refractivity contribution is 0.246. The largest absolute Gasteiger partial charge is 0.368 e. The fourth-order valence-electron chi connectivity index (χ4n) is 1.75. The van der Waals surface area contributed by atoms with Crippen molar-refractivity contribution in [2.75, 3.05) is 31.9 Å². The molecule has 0 saturated carbocycles. The molecule has 0 spiro atoms.